The molecule has 1 aromatic heterocycles. The molecule has 1 atom stereocenters. The number of ether oxygens (including phenoxy) is 1. The Bertz CT molecular complexity index is 324. The van der Waals surface area contributed by atoms with Crippen molar-refractivity contribution in [2.75, 3.05) is 5.73 Å². The number of nitrogens with two attached hydrogens (primary N) is 1. The Hall–Kier alpha value is -1.59. The van der Waals surface area contributed by atoms with E-state index in [1.807, 2.05) is 13.8 Å². The molecule has 6 nitrogen and oxygen atoms in total. The highest BCUT2D eigenvalue weighted by Crippen LogP contribution is 2.02. The molecule has 1 heterocycles. The van der Waals surface area contributed by atoms with Crippen LogP contribution in [0.2, 0.25) is 0 Å². The summed E-state index contributed by atoms with van der Waals surface area (Å²) < 4.78 is 6.49. The molecule has 1 rings (SSSR count). The molecule has 0 aromatic carbocycles. The summed E-state index contributed by atoms with van der Waals surface area (Å²) in [5, 5.41) is 3.79. The van der Waals surface area contributed by atoms with E-state index in [1.165, 1.54) is 11.0 Å². The summed E-state index contributed by atoms with van der Waals surface area (Å²) in [5.41, 5.74) is 5.31. The van der Waals surface area contributed by atoms with Crippen LogP contribution in [0.4, 0.5) is 5.95 Å². The van der Waals surface area contributed by atoms with Crippen molar-refractivity contribution in [1.29, 1.82) is 0 Å². The first-order valence-corrected chi connectivity index (χ1v) is 4.96. The van der Waals surface area contributed by atoms with Gasteiger partial charge in [0.1, 0.15) is 12.9 Å². The zero-order valence-electron chi connectivity index (χ0n) is 9.01. The van der Waals surface area contributed by atoms with Gasteiger partial charge in [0, 0.05) is 0 Å². The topological polar surface area (TPSA) is 83.0 Å². The van der Waals surface area contributed by atoms with E-state index in [-0.39, 0.29) is 24.6 Å². The number of anilines is 1. The number of nitrogen functional groups attached to an aromatic ring is 1. The third kappa shape index (κ3) is 3.97. The highest BCUT2D eigenvalue weighted by molar-refractivity contribution is 5.69. The van der Waals surface area contributed by atoms with Gasteiger partial charge in [-0.3, -0.25) is 4.79 Å². The quantitative estimate of drug-likeness (QED) is 0.722. The van der Waals surface area contributed by atoms with E-state index in [0.29, 0.717) is 0 Å². The smallest absolute Gasteiger partial charge is 0.328 e. The summed E-state index contributed by atoms with van der Waals surface area (Å²) >= 11 is 0. The Kier molecular flexibility index (Phi) is 4.08. The molecule has 6 heteroatoms. The van der Waals surface area contributed by atoms with Crippen molar-refractivity contribution in [3.8, 4) is 0 Å². The SMILES string of the molecule is CCCC(C)OC(=O)Cn1cnc(N)n1. The first kappa shape index (κ1) is 11.5. The van der Waals surface area contributed by atoms with Crippen LogP contribution in [-0.2, 0) is 16.1 Å². The standard InChI is InChI=1S/C9H16N4O2/c1-3-4-7(2)15-8(14)5-13-6-11-9(10)12-13/h6-7H,3-5H2,1-2H3,(H2,10,12). The van der Waals surface area contributed by atoms with E-state index in [0.717, 1.165) is 12.8 Å². The maximum atomic E-state index is 11.4. The van der Waals surface area contributed by atoms with Crippen LogP contribution in [0.25, 0.3) is 0 Å². The third-order valence-electron chi connectivity index (χ3n) is 1.87. The first-order chi connectivity index (χ1) is 7.11. The second-order valence-corrected chi connectivity index (χ2v) is 3.39. The minimum Gasteiger partial charge on any atom is -0.461 e. The van der Waals surface area contributed by atoms with Gasteiger partial charge in [0.15, 0.2) is 0 Å². The molecule has 1 unspecified atom stereocenters. The van der Waals surface area contributed by atoms with E-state index >= 15 is 0 Å². The molecular weight excluding hydrogens is 196 g/mol. The predicted octanol–water partition coefficient (Wildman–Crippen LogP) is 0.592. The van der Waals surface area contributed by atoms with Crippen molar-refractivity contribution >= 4 is 11.9 Å². The number of nitrogens with zero attached hydrogens (tertiary/aromatic N) is 3. The van der Waals surface area contributed by atoms with Gasteiger partial charge in [0.2, 0.25) is 5.95 Å². The van der Waals surface area contributed by atoms with E-state index in [1.54, 1.807) is 0 Å². The van der Waals surface area contributed by atoms with Crippen LogP contribution in [0.1, 0.15) is 26.7 Å². The Morgan fingerprint density at radius 1 is 1.73 bits per heavy atom. The highest BCUT2D eigenvalue weighted by atomic mass is 16.5. The molecule has 0 fully saturated rings. The number of esters is 1. The molecule has 0 saturated heterocycles. The third-order valence-corrected chi connectivity index (χ3v) is 1.87. The molecule has 0 bridgehead atoms. The van der Waals surface area contributed by atoms with Gasteiger partial charge < -0.3 is 10.5 Å². The van der Waals surface area contributed by atoms with Gasteiger partial charge in [-0.05, 0) is 13.3 Å². The monoisotopic (exact) mass is 212 g/mol. The minimum absolute atomic E-state index is 0.0524. The maximum Gasteiger partial charge on any atom is 0.328 e. The van der Waals surface area contributed by atoms with Crippen molar-refractivity contribution in [2.45, 2.75) is 39.3 Å². The molecule has 2 N–H and O–H groups in total. The Morgan fingerprint density at radius 2 is 2.47 bits per heavy atom. The zero-order valence-corrected chi connectivity index (χ0v) is 9.01. The fourth-order valence-corrected chi connectivity index (χ4v) is 1.24. The van der Waals surface area contributed by atoms with Gasteiger partial charge in [-0.2, -0.15) is 0 Å². The second kappa shape index (κ2) is 5.33. The average molecular weight is 212 g/mol. The van der Waals surface area contributed by atoms with Crippen LogP contribution in [0.5, 0.6) is 0 Å². The number of hydrogen-bond acceptors (Lipinski definition) is 5. The van der Waals surface area contributed by atoms with Crippen molar-refractivity contribution in [2.24, 2.45) is 0 Å². The maximum absolute atomic E-state index is 11.4. The molecule has 0 aliphatic carbocycles. The zero-order chi connectivity index (χ0) is 11.3. The fraction of sp³-hybridized carbons (Fsp3) is 0.667. The largest absolute Gasteiger partial charge is 0.461 e. The van der Waals surface area contributed by atoms with Crippen LogP contribution in [0, 0.1) is 0 Å². The van der Waals surface area contributed by atoms with Gasteiger partial charge >= 0.3 is 5.97 Å². The summed E-state index contributed by atoms with van der Waals surface area (Å²) in [4.78, 5) is 15.1. The molecule has 15 heavy (non-hydrogen) atoms. The van der Waals surface area contributed by atoms with Crippen molar-refractivity contribution in [1.82, 2.24) is 14.8 Å². The average Bonchev–Trinajstić information content (AvgIpc) is 2.51. The first-order valence-electron chi connectivity index (χ1n) is 4.96. The Morgan fingerprint density at radius 3 is 3.00 bits per heavy atom. The Labute approximate surface area is 88.4 Å². The minimum atomic E-state index is -0.319. The molecule has 0 spiro atoms. The van der Waals surface area contributed by atoms with Gasteiger partial charge in [0.25, 0.3) is 0 Å². The fourth-order valence-electron chi connectivity index (χ4n) is 1.24. The number of hydrogen-bond donors (Lipinski definition) is 1. The summed E-state index contributed by atoms with van der Waals surface area (Å²) in [6, 6.07) is 0. The molecule has 0 aliphatic rings. The van der Waals surface area contributed by atoms with E-state index in [2.05, 4.69) is 10.1 Å². The number of carbonyl (C=O) groups excluding carboxylic acids is 1. The number of rotatable bonds is 5. The number of aromatic nitrogens is 3. The summed E-state index contributed by atoms with van der Waals surface area (Å²) in [7, 11) is 0. The summed E-state index contributed by atoms with van der Waals surface area (Å²) in [6.07, 6.45) is 3.21. The lowest BCUT2D eigenvalue weighted by Gasteiger charge is -2.11. The molecule has 0 saturated carbocycles. The van der Waals surface area contributed by atoms with E-state index in [4.69, 9.17) is 10.5 Å². The van der Waals surface area contributed by atoms with Crippen LogP contribution in [0.15, 0.2) is 6.33 Å². The lowest BCUT2D eigenvalue weighted by Crippen LogP contribution is -2.19. The molecular formula is C9H16N4O2. The van der Waals surface area contributed by atoms with Crippen molar-refractivity contribution in [3.63, 3.8) is 0 Å². The van der Waals surface area contributed by atoms with Crippen molar-refractivity contribution < 1.29 is 9.53 Å². The molecule has 0 radical (unpaired) electrons. The molecule has 0 aliphatic heterocycles. The molecule has 84 valence electrons. The lowest BCUT2D eigenvalue weighted by molar-refractivity contribution is -0.149. The molecule has 0 amide bonds. The lowest BCUT2D eigenvalue weighted by atomic mass is 10.2. The summed E-state index contributed by atoms with van der Waals surface area (Å²) in [5.74, 6) is -0.162. The summed E-state index contributed by atoms with van der Waals surface area (Å²) in [6.45, 7) is 3.97. The van der Waals surface area contributed by atoms with E-state index < -0.39 is 0 Å². The van der Waals surface area contributed by atoms with Gasteiger partial charge in [-0.25, -0.2) is 9.67 Å². The van der Waals surface area contributed by atoms with Crippen LogP contribution in [-0.4, -0.2) is 26.8 Å². The second-order valence-electron chi connectivity index (χ2n) is 3.39. The van der Waals surface area contributed by atoms with Gasteiger partial charge in [-0.15, -0.1) is 5.10 Å². The van der Waals surface area contributed by atoms with Crippen molar-refractivity contribution in [3.05, 3.63) is 6.33 Å². The highest BCUT2D eigenvalue weighted by Gasteiger charge is 2.10. The van der Waals surface area contributed by atoms with E-state index in [9.17, 15) is 4.79 Å². The molecule has 1 aromatic rings. The van der Waals surface area contributed by atoms with Crippen LogP contribution >= 0.6 is 0 Å². The van der Waals surface area contributed by atoms with Crippen LogP contribution < -0.4 is 5.73 Å². The normalized spacial score (nSPS) is 12.4. The van der Waals surface area contributed by atoms with Gasteiger partial charge in [-0.1, -0.05) is 13.3 Å². The van der Waals surface area contributed by atoms with Gasteiger partial charge in [0.05, 0.1) is 6.10 Å². The van der Waals surface area contributed by atoms with Crippen LogP contribution in [0.3, 0.4) is 0 Å². The predicted molar refractivity (Wildman–Crippen MR) is 54.9 cm³/mol. The number of carbonyl (C=O) groups is 1. The Balaban J connectivity index is 2.36.